The van der Waals surface area contributed by atoms with Crippen molar-refractivity contribution in [2.24, 2.45) is 5.92 Å². The number of rotatable bonds is 4. The Bertz CT molecular complexity index is 911. The number of carbonyl (C=O) groups excluding carboxylic acids is 3. The summed E-state index contributed by atoms with van der Waals surface area (Å²) < 4.78 is 10.9. The Morgan fingerprint density at radius 1 is 1.00 bits per heavy atom. The van der Waals surface area contributed by atoms with Gasteiger partial charge >= 0.3 is 12.1 Å². The van der Waals surface area contributed by atoms with E-state index in [1.54, 1.807) is 53.7 Å². The fraction of sp³-hybridized carbons (Fsp3) is 0.609. The SMILES string of the molecule is CC(C)(C)OC(=O)NC1CC(C(=O)OC(C)(C)C)CCC1NC(=S)C(=O)Nc1ccc(Cl)cn1. The van der Waals surface area contributed by atoms with Crippen molar-refractivity contribution in [2.45, 2.75) is 84.1 Å². The summed E-state index contributed by atoms with van der Waals surface area (Å²) in [6.45, 7) is 10.7. The smallest absolute Gasteiger partial charge is 0.407 e. The molecule has 188 valence electrons. The minimum absolute atomic E-state index is 0.0616. The molecule has 1 heterocycles. The fourth-order valence-corrected chi connectivity index (χ4v) is 3.73. The molecule has 34 heavy (non-hydrogen) atoms. The molecule has 9 nitrogen and oxygen atoms in total. The maximum absolute atomic E-state index is 12.6. The van der Waals surface area contributed by atoms with E-state index < -0.39 is 35.2 Å². The lowest BCUT2D eigenvalue weighted by atomic mass is 9.82. The molecule has 0 aliphatic heterocycles. The van der Waals surface area contributed by atoms with Crippen LogP contribution < -0.4 is 16.0 Å². The highest BCUT2D eigenvalue weighted by molar-refractivity contribution is 7.82. The van der Waals surface area contributed by atoms with Crippen molar-refractivity contribution in [3.05, 3.63) is 23.4 Å². The second-order valence-electron chi connectivity index (χ2n) is 10.2. The normalized spacial score (nSPS) is 20.6. The van der Waals surface area contributed by atoms with Crippen LogP contribution in [0.25, 0.3) is 0 Å². The highest BCUT2D eigenvalue weighted by Crippen LogP contribution is 2.28. The van der Waals surface area contributed by atoms with E-state index in [1.807, 2.05) is 0 Å². The van der Waals surface area contributed by atoms with E-state index >= 15 is 0 Å². The first-order chi connectivity index (χ1) is 15.6. The Hall–Kier alpha value is -2.46. The Morgan fingerprint density at radius 3 is 2.21 bits per heavy atom. The third-order valence-electron chi connectivity index (χ3n) is 4.78. The van der Waals surface area contributed by atoms with Crippen molar-refractivity contribution in [1.29, 1.82) is 0 Å². The van der Waals surface area contributed by atoms with Crippen LogP contribution in [-0.4, -0.2) is 51.2 Å². The van der Waals surface area contributed by atoms with Crippen LogP contribution in [0, 0.1) is 5.92 Å². The lowest BCUT2D eigenvalue weighted by Crippen LogP contribution is -2.57. The van der Waals surface area contributed by atoms with E-state index in [-0.39, 0.29) is 17.0 Å². The average Bonchev–Trinajstić information content (AvgIpc) is 2.68. The van der Waals surface area contributed by atoms with E-state index in [2.05, 4.69) is 20.9 Å². The number of hydrogen-bond donors (Lipinski definition) is 3. The van der Waals surface area contributed by atoms with Gasteiger partial charge in [-0.3, -0.25) is 9.59 Å². The topological polar surface area (TPSA) is 119 Å². The van der Waals surface area contributed by atoms with Crippen molar-refractivity contribution in [3.63, 3.8) is 0 Å². The Balaban J connectivity index is 2.08. The monoisotopic (exact) mass is 512 g/mol. The molecule has 2 amide bonds. The van der Waals surface area contributed by atoms with E-state index in [1.165, 1.54) is 6.20 Å². The van der Waals surface area contributed by atoms with Gasteiger partial charge in [0.15, 0.2) is 4.99 Å². The molecular formula is C23H33ClN4O5S. The van der Waals surface area contributed by atoms with Gasteiger partial charge in [-0.2, -0.15) is 0 Å². The number of amides is 2. The molecule has 0 bridgehead atoms. The predicted octanol–water partition coefficient (Wildman–Crippen LogP) is 3.99. The van der Waals surface area contributed by atoms with E-state index in [4.69, 9.17) is 33.3 Å². The summed E-state index contributed by atoms with van der Waals surface area (Å²) in [5, 5.41) is 8.88. The molecule has 1 fully saturated rings. The van der Waals surface area contributed by atoms with Crippen molar-refractivity contribution in [1.82, 2.24) is 15.6 Å². The number of anilines is 1. The maximum Gasteiger partial charge on any atom is 0.407 e. The molecule has 1 aliphatic rings. The van der Waals surface area contributed by atoms with Gasteiger partial charge in [0, 0.05) is 12.2 Å². The Labute approximate surface area is 210 Å². The van der Waals surface area contributed by atoms with Gasteiger partial charge in [-0.25, -0.2) is 9.78 Å². The van der Waals surface area contributed by atoms with Crippen LogP contribution in [0.4, 0.5) is 10.6 Å². The number of halogens is 1. The Morgan fingerprint density at radius 2 is 1.65 bits per heavy atom. The summed E-state index contributed by atoms with van der Waals surface area (Å²) in [6.07, 6.45) is 2.11. The van der Waals surface area contributed by atoms with Gasteiger partial charge in [0.25, 0.3) is 5.91 Å². The van der Waals surface area contributed by atoms with Crippen LogP contribution in [0.1, 0.15) is 60.8 Å². The van der Waals surface area contributed by atoms with Gasteiger partial charge in [-0.1, -0.05) is 23.8 Å². The molecule has 3 unspecified atom stereocenters. The molecular weight excluding hydrogens is 480 g/mol. The van der Waals surface area contributed by atoms with Crippen LogP contribution in [0.3, 0.4) is 0 Å². The van der Waals surface area contributed by atoms with Gasteiger partial charge in [0.1, 0.15) is 17.0 Å². The van der Waals surface area contributed by atoms with Gasteiger partial charge < -0.3 is 25.4 Å². The third kappa shape index (κ3) is 9.42. The number of thiocarbonyl (C=S) groups is 1. The maximum atomic E-state index is 12.6. The summed E-state index contributed by atoms with van der Waals surface area (Å²) in [5.41, 5.74) is -1.30. The molecule has 0 saturated heterocycles. The minimum Gasteiger partial charge on any atom is -0.460 e. The summed E-state index contributed by atoms with van der Waals surface area (Å²) in [5.74, 6) is -0.973. The van der Waals surface area contributed by atoms with Crippen LogP contribution in [0.2, 0.25) is 5.02 Å². The van der Waals surface area contributed by atoms with Gasteiger partial charge in [0.2, 0.25) is 0 Å². The van der Waals surface area contributed by atoms with Crippen LogP contribution in [0.5, 0.6) is 0 Å². The van der Waals surface area contributed by atoms with E-state index in [0.717, 1.165) is 0 Å². The molecule has 0 spiro atoms. The zero-order valence-corrected chi connectivity index (χ0v) is 21.9. The molecule has 1 aromatic rings. The molecule has 1 saturated carbocycles. The second kappa shape index (κ2) is 11.3. The molecule has 1 aromatic heterocycles. The number of nitrogens with one attached hydrogen (secondary N) is 3. The van der Waals surface area contributed by atoms with Crippen LogP contribution in [0.15, 0.2) is 18.3 Å². The van der Waals surface area contributed by atoms with Gasteiger partial charge in [0.05, 0.1) is 17.0 Å². The van der Waals surface area contributed by atoms with Crippen LogP contribution >= 0.6 is 23.8 Å². The van der Waals surface area contributed by atoms with Crippen LogP contribution in [-0.2, 0) is 19.1 Å². The van der Waals surface area contributed by atoms with Crippen molar-refractivity contribution in [3.8, 4) is 0 Å². The zero-order chi connectivity index (χ0) is 25.7. The Kier molecular flexibility index (Phi) is 9.24. The average molecular weight is 513 g/mol. The first-order valence-electron chi connectivity index (χ1n) is 11.1. The molecule has 0 radical (unpaired) electrons. The number of hydrogen-bond acceptors (Lipinski definition) is 7. The molecule has 11 heteroatoms. The number of carbonyl (C=O) groups is 3. The van der Waals surface area contributed by atoms with Gasteiger partial charge in [-0.05, 0) is 72.9 Å². The second-order valence-corrected chi connectivity index (χ2v) is 11.0. The summed E-state index contributed by atoms with van der Waals surface area (Å²) in [6, 6.07) is 2.25. The van der Waals surface area contributed by atoms with Gasteiger partial charge in [-0.15, -0.1) is 0 Å². The highest BCUT2D eigenvalue weighted by Gasteiger charge is 2.38. The largest absolute Gasteiger partial charge is 0.460 e. The molecule has 3 atom stereocenters. The summed E-state index contributed by atoms with van der Waals surface area (Å²) in [7, 11) is 0. The van der Waals surface area contributed by atoms with Crippen molar-refractivity contribution in [2.75, 3.05) is 5.32 Å². The first kappa shape index (κ1) is 27.8. The number of ether oxygens (including phenoxy) is 2. The molecule has 1 aliphatic carbocycles. The van der Waals surface area contributed by atoms with Crippen molar-refractivity contribution < 1.29 is 23.9 Å². The summed E-state index contributed by atoms with van der Waals surface area (Å²) in [4.78, 5) is 41.6. The number of nitrogens with zero attached hydrogens (tertiary/aromatic N) is 1. The lowest BCUT2D eigenvalue weighted by Gasteiger charge is -2.37. The van der Waals surface area contributed by atoms with E-state index in [9.17, 15) is 14.4 Å². The fourth-order valence-electron chi connectivity index (χ4n) is 3.42. The lowest BCUT2D eigenvalue weighted by molar-refractivity contribution is -0.161. The summed E-state index contributed by atoms with van der Waals surface area (Å²) >= 11 is 11.1. The quantitative estimate of drug-likeness (QED) is 0.409. The number of alkyl carbamates (subject to hydrolysis) is 1. The zero-order valence-electron chi connectivity index (χ0n) is 20.4. The van der Waals surface area contributed by atoms with E-state index in [0.29, 0.717) is 30.1 Å². The molecule has 2 rings (SSSR count). The minimum atomic E-state index is -0.687. The number of esters is 1. The number of pyridine rings is 1. The first-order valence-corrected chi connectivity index (χ1v) is 11.9. The molecule has 0 aromatic carbocycles. The number of aromatic nitrogens is 1. The van der Waals surface area contributed by atoms with Crippen molar-refractivity contribution >= 4 is 52.6 Å². The standard InChI is InChI=1S/C23H33ClN4O5S/c1-22(2,3)32-20(30)13-7-9-15(16(11-13)27-21(31)33-23(4,5)6)26-19(34)18(29)28-17-10-8-14(24)12-25-17/h8,10,12-13,15-16H,7,9,11H2,1-6H3,(H,26,34)(H,27,31)(H,25,28,29). The third-order valence-corrected chi connectivity index (χ3v) is 5.31. The molecule has 3 N–H and O–H groups in total. The highest BCUT2D eigenvalue weighted by atomic mass is 35.5. The predicted molar refractivity (Wildman–Crippen MR) is 134 cm³/mol.